The Morgan fingerprint density at radius 2 is 2.07 bits per heavy atom. The molecule has 0 amide bonds. The normalized spacial score (nSPS) is 10.8. The predicted octanol–water partition coefficient (Wildman–Crippen LogP) is 2.84. The first-order chi connectivity index (χ1) is 6.75. The topological polar surface area (TPSA) is 22.1 Å². The highest BCUT2D eigenvalue weighted by Crippen LogP contribution is 2.20. The summed E-state index contributed by atoms with van der Waals surface area (Å²) in [6, 6.07) is 8.19. The molecule has 0 aliphatic rings. The number of pyridine rings is 1. The number of hydrogen-bond donors (Lipinski definition) is 0. The van der Waals surface area contributed by atoms with Gasteiger partial charge in [0.15, 0.2) is 0 Å². The van der Waals surface area contributed by atoms with Gasteiger partial charge in [0.05, 0.1) is 5.52 Å². The summed E-state index contributed by atoms with van der Waals surface area (Å²) in [5.74, 6) is 0.153. The lowest BCUT2D eigenvalue weighted by atomic mass is 10.2. The minimum absolute atomic E-state index is 0.153. The number of fused-ring (bicyclic) bond motifs is 1. The van der Waals surface area contributed by atoms with Crippen LogP contribution in [0.2, 0.25) is 0 Å². The van der Waals surface area contributed by atoms with Gasteiger partial charge >= 0.3 is 6.61 Å². The molecule has 0 aliphatic heterocycles. The van der Waals surface area contributed by atoms with E-state index in [0.717, 1.165) is 10.9 Å². The number of alkyl halides is 2. The van der Waals surface area contributed by atoms with E-state index in [1.54, 1.807) is 24.4 Å². The molecule has 0 saturated heterocycles. The van der Waals surface area contributed by atoms with Gasteiger partial charge in [0.1, 0.15) is 5.75 Å². The van der Waals surface area contributed by atoms with E-state index in [2.05, 4.69) is 9.72 Å². The summed E-state index contributed by atoms with van der Waals surface area (Å²) in [4.78, 5) is 4.06. The standard InChI is InChI=1S/C10H7F2NO/c11-10(12)14-8-3-4-9-7(6-8)2-1-5-13-9/h1-6,10H. The van der Waals surface area contributed by atoms with Gasteiger partial charge in [-0.1, -0.05) is 6.07 Å². The van der Waals surface area contributed by atoms with Crippen LogP contribution in [0.5, 0.6) is 5.75 Å². The van der Waals surface area contributed by atoms with E-state index in [1.165, 1.54) is 12.1 Å². The van der Waals surface area contributed by atoms with Crippen molar-refractivity contribution in [2.45, 2.75) is 6.61 Å². The summed E-state index contributed by atoms with van der Waals surface area (Å²) in [6.45, 7) is -2.79. The van der Waals surface area contributed by atoms with Gasteiger partial charge in [-0.2, -0.15) is 8.78 Å². The molecule has 1 aromatic heterocycles. The van der Waals surface area contributed by atoms with Crippen molar-refractivity contribution in [2.75, 3.05) is 0 Å². The fourth-order valence-corrected chi connectivity index (χ4v) is 1.23. The summed E-state index contributed by atoms with van der Waals surface area (Å²) >= 11 is 0. The number of rotatable bonds is 2. The van der Waals surface area contributed by atoms with Crippen LogP contribution >= 0.6 is 0 Å². The smallest absolute Gasteiger partial charge is 0.387 e. The minimum atomic E-state index is -2.79. The SMILES string of the molecule is FC(F)Oc1ccc2ncccc2c1. The first-order valence-electron chi connectivity index (χ1n) is 4.05. The third-order valence-corrected chi connectivity index (χ3v) is 1.80. The number of halogens is 2. The highest BCUT2D eigenvalue weighted by molar-refractivity contribution is 5.79. The molecule has 0 unspecified atom stereocenters. The fourth-order valence-electron chi connectivity index (χ4n) is 1.23. The van der Waals surface area contributed by atoms with E-state index >= 15 is 0 Å². The van der Waals surface area contributed by atoms with Crippen molar-refractivity contribution in [2.24, 2.45) is 0 Å². The largest absolute Gasteiger partial charge is 0.435 e. The van der Waals surface area contributed by atoms with Gasteiger partial charge < -0.3 is 4.74 Å². The van der Waals surface area contributed by atoms with Gasteiger partial charge in [0, 0.05) is 11.6 Å². The molecule has 0 aliphatic carbocycles. The van der Waals surface area contributed by atoms with E-state index in [4.69, 9.17) is 0 Å². The van der Waals surface area contributed by atoms with Crippen LogP contribution in [0.25, 0.3) is 10.9 Å². The van der Waals surface area contributed by atoms with Gasteiger partial charge in [-0.25, -0.2) is 0 Å². The Bertz CT molecular complexity index is 445. The zero-order valence-electron chi connectivity index (χ0n) is 7.15. The van der Waals surface area contributed by atoms with Crippen molar-refractivity contribution >= 4 is 10.9 Å². The third kappa shape index (κ3) is 1.79. The van der Waals surface area contributed by atoms with Crippen molar-refractivity contribution in [3.05, 3.63) is 36.5 Å². The Labute approximate surface area is 79.1 Å². The maximum atomic E-state index is 11.9. The Balaban J connectivity index is 2.41. The number of nitrogens with zero attached hydrogens (tertiary/aromatic N) is 1. The van der Waals surface area contributed by atoms with Crippen LogP contribution in [0.3, 0.4) is 0 Å². The lowest BCUT2D eigenvalue weighted by molar-refractivity contribution is -0.0497. The highest BCUT2D eigenvalue weighted by atomic mass is 19.3. The van der Waals surface area contributed by atoms with Crippen LogP contribution in [0.4, 0.5) is 8.78 Å². The molecule has 0 N–H and O–H groups in total. The van der Waals surface area contributed by atoms with Gasteiger partial charge in [-0.15, -0.1) is 0 Å². The maximum Gasteiger partial charge on any atom is 0.387 e. The van der Waals surface area contributed by atoms with Crippen molar-refractivity contribution in [3.63, 3.8) is 0 Å². The second kappa shape index (κ2) is 3.57. The molecule has 0 bridgehead atoms. The summed E-state index contributed by atoms with van der Waals surface area (Å²) in [5, 5.41) is 0.783. The molecule has 1 heterocycles. The molecule has 0 fully saturated rings. The van der Waals surface area contributed by atoms with Crippen LogP contribution < -0.4 is 4.74 Å². The molecule has 2 aromatic rings. The zero-order valence-corrected chi connectivity index (χ0v) is 7.15. The molecule has 0 radical (unpaired) electrons. The lowest BCUT2D eigenvalue weighted by Gasteiger charge is -2.04. The first kappa shape index (κ1) is 8.87. The first-order valence-corrected chi connectivity index (χ1v) is 4.05. The highest BCUT2D eigenvalue weighted by Gasteiger charge is 2.04. The summed E-state index contributed by atoms with van der Waals surface area (Å²) in [7, 11) is 0. The average molecular weight is 195 g/mol. The Morgan fingerprint density at radius 1 is 1.21 bits per heavy atom. The van der Waals surface area contributed by atoms with Crippen LogP contribution in [0.1, 0.15) is 0 Å². The zero-order chi connectivity index (χ0) is 9.97. The molecule has 0 atom stereocenters. The number of ether oxygens (including phenoxy) is 1. The van der Waals surface area contributed by atoms with E-state index in [1.807, 2.05) is 0 Å². The summed E-state index contributed by atoms with van der Waals surface area (Å²) in [5.41, 5.74) is 0.758. The third-order valence-electron chi connectivity index (χ3n) is 1.80. The molecule has 4 heteroatoms. The molecule has 0 saturated carbocycles. The molecular weight excluding hydrogens is 188 g/mol. The maximum absolute atomic E-state index is 11.9. The number of benzene rings is 1. The monoisotopic (exact) mass is 195 g/mol. The summed E-state index contributed by atoms with van der Waals surface area (Å²) in [6.07, 6.45) is 1.65. The Hall–Kier alpha value is -1.71. The lowest BCUT2D eigenvalue weighted by Crippen LogP contribution is -2.01. The minimum Gasteiger partial charge on any atom is -0.435 e. The average Bonchev–Trinajstić information content (AvgIpc) is 2.17. The van der Waals surface area contributed by atoms with E-state index in [0.29, 0.717) is 0 Å². The van der Waals surface area contributed by atoms with Crippen molar-refractivity contribution < 1.29 is 13.5 Å². The van der Waals surface area contributed by atoms with Crippen LogP contribution in [-0.4, -0.2) is 11.6 Å². The van der Waals surface area contributed by atoms with E-state index < -0.39 is 6.61 Å². The molecule has 14 heavy (non-hydrogen) atoms. The fraction of sp³-hybridized carbons (Fsp3) is 0.100. The quantitative estimate of drug-likeness (QED) is 0.735. The van der Waals surface area contributed by atoms with Crippen LogP contribution in [-0.2, 0) is 0 Å². The van der Waals surface area contributed by atoms with Gasteiger partial charge in [0.2, 0.25) is 0 Å². The molecule has 0 spiro atoms. The molecule has 2 rings (SSSR count). The second-order valence-corrected chi connectivity index (χ2v) is 2.74. The van der Waals surface area contributed by atoms with Crippen LogP contribution in [0.15, 0.2) is 36.5 Å². The Kier molecular flexibility index (Phi) is 2.26. The number of hydrogen-bond acceptors (Lipinski definition) is 2. The molecule has 2 nitrogen and oxygen atoms in total. The molecule has 72 valence electrons. The molecular formula is C10H7F2NO. The van der Waals surface area contributed by atoms with Crippen molar-refractivity contribution in [1.29, 1.82) is 0 Å². The van der Waals surface area contributed by atoms with Gasteiger partial charge in [0.25, 0.3) is 0 Å². The summed E-state index contributed by atoms with van der Waals surface area (Å²) < 4.78 is 28.0. The predicted molar refractivity (Wildman–Crippen MR) is 48.4 cm³/mol. The van der Waals surface area contributed by atoms with Crippen molar-refractivity contribution in [1.82, 2.24) is 4.98 Å². The van der Waals surface area contributed by atoms with Crippen molar-refractivity contribution in [3.8, 4) is 5.75 Å². The van der Waals surface area contributed by atoms with E-state index in [-0.39, 0.29) is 5.75 Å². The molecule has 1 aromatic carbocycles. The number of aromatic nitrogens is 1. The van der Waals surface area contributed by atoms with E-state index in [9.17, 15) is 8.78 Å². The second-order valence-electron chi connectivity index (χ2n) is 2.74. The Morgan fingerprint density at radius 3 is 2.86 bits per heavy atom. The van der Waals surface area contributed by atoms with Gasteiger partial charge in [-0.05, 0) is 24.3 Å². The van der Waals surface area contributed by atoms with Crippen LogP contribution in [0, 0.1) is 0 Å². The van der Waals surface area contributed by atoms with Gasteiger partial charge in [-0.3, -0.25) is 4.98 Å².